The number of rotatable bonds is 70. The molecule has 19 heteroatoms. The maximum absolute atomic E-state index is 13.0. The van der Waals surface area contributed by atoms with Crippen LogP contribution in [0.15, 0.2) is 0 Å². The highest BCUT2D eigenvalue weighted by molar-refractivity contribution is 7.47. The molecule has 0 saturated heterocycles. The lowest BCUT2D eigenvalue weighted by Gasteiger charge is -2.21. The van der Waals surface area contributed by atoms with Crippen LogP contribution in [0.1, 0.15) is 364 Å². The Hall–Kier alpha value is -1.94. The fraction of sp³-hybridized carbons (Fsp3) is 0.945. The minimum absolute atomic E-state index is 0.103. The summed E-state index contributed by atoms with van der Waals surface area (Å²) in [5.74, 6) is 0.836. The fourth-order valence-electron chi connectivity index (χ4n) is 11.0. The summed E-state index contributed by atoms with van der Waals surface area (Å²) in [4.78, 5) is 72.5. The zero-order valence-electron chi connectivity index (χ0n) is 60.2. The van der Waals surface area contributed by atoms with Gasteiger partial charge in [0, 0.05) is 25.7 Å². The van der Waals surface area contributed by atoms with Gasteiger partial charge in [-0.2, -0.15) is 0 Å². The topological polar surface area (TPSA) is 237 Å². The normalized spacial score (nSPS) is 14.5. The molecule has 546 valence electrons. The fourth-order valence-corrected chi connectivity index (χ4v) is 12.6. The van der Waals surface area contributed by atoms with E-state index in [1.807, 2.05) is 0 Å². The van der Waals surface area contributed by atoms with Crippen molar-refractivity contribution in [3.8, 4) is 0 Å². The molecule has 0 amide bonds. The largest absolute Gasteiger partial charge is 0.472 e. The monoisotopic (exact) mass is 1350 g/mol. The lowest BCUT2D eigenvalue weighted by Crippen LogP contribution is -2.30. The van der Waals surface area contributed by atoms with Crippen molar-refractivity contribution in [3.05, 3.63) is 0 Å². The zero-order chi connectivity index (χ0) is 68.2. The van der Waals surface area contributed by atoms with Crippen LogP contribution in [-0.2, 0) is 65.4 Å². The van der Waals surface area contributed by atoms with E-state index in [0.29, 0.717) is 37.5 Å². The quantitative estimate of drug-likeness (QED) is 0.0222. The van der Waals surface area contributed by atoms with Gasteiger partial charge in [0.25, 0.3) is 0 Å². The first-order valence-corrected chi connectivity index (χ1v) is 40.7. The van der Waals surface area contributed by atoms with Crippen LogP contribution in [0.5, 0.6) is 0 Å². The predicted octanol–water partition coefficient (Wildman–Crippen LogP) is 20.9. The van der Waals surface area contributed by atoms with Gasteiger partial charge in [-0.3, -0.25) is 37.3 Å². The number of unbranched alkanes of at least 4 members (excludes halogenated alkanes) is 35. The summed E-state index contributed by atoms with van der Waals surface area (Å²) in [6, 6.07) is 0. The second kappa shape index (κ2) is 62.6. The van der Waals surface area contributed by atoms with Gasteiger partial charge in [-0.05, 0) is 49.4 Å². The number of phosphoric ester groups is 2. The van der Waals surface area contributed by atoms with Crippen molar-refractivity contribution in [3.63, 3.8) is 0 Å². The van der Waals surface area contributed by atoms with E-state index in [0.717, 1.165) is 108 Å². The van der Waals surface area contributed by atoms with Gasteiger partial charge in [0.15, 0.2) is 12.2 Å². The number of aliphatic hydroxyl groups is 1. The van der Waals surface area contributed by atoms with E-state index in [1.165, 1.54) is 161 Å². The average molecular weight is 1350 g/mol. The number of carbonyl (C=O) groups is 4. The predicted molar refractivity (Wildman–Crippen MR) is 372 cm³/mol. The third-order valence-electron chi connectivity index (χ3n) is 17.2. The molecule has 3 N–H and O–H groups in total. The molecule has 0 rings (SSSR count). The Bertz CT molecular complexity index is 1820. The Labute approximate surface area is 562 Å². The third-order valence-corrected chi connectivity index (χ3v) is 19.1. The Kier molecular flexibility index (Phi) is 61.3. The molecule has 0 aromatic carbocycles. The first-order valence-electron chi connectivity index (χ1n) is 37.7. The van der Waals surface area contributed by atoms with Gasteiger partial charge < -0.3 is 33.8 Å². The lowest BCUT2D eigenvalue weighted by atomic mass is 9.99. The van der Waals surface area contributed by atoms with Crippen molar-refractivity contribution in [1.29, 1.82) is 0 Å². The van der Waals surface area contributed by atoms with E-state index in [1.54, 1.807) is 0 Å². The van der Waals surface area contributed by atoms with Gasteiger partial charge in [0.2, 0.25) is 0 Å². The summed E-state index contributed by atoms with van der Waals surface area (Å²) in [6.45, 7) is 14.1. The summed E-state index contributed by atoms with van der Waals surface area (Å²) >= 11 is 0. The van der Waals surface area contributed by atoms with Crippen LogP contribution in [0, 0.1) is 23.7 Å². The van der Waals surface area contributed by atoms with Gasteiger partial charge in [0.1, 0.15) is 19.3 Å². The third kappa shape index (κ3) is 65.4. The van der Waals surface area contributed by atoms with Crippen molar-refractivity contribution in [1.82, 2.24) is 0 Å². The molecule has 0 radical (unpaired) electrons. The summed E-state index contributed by atoms with van der Waals surface area (Å²) in [5.41, 5.74) is 0. The SMILES string of the molecule is CCC(C)CCCCCCCCCCC(=O)O[C@H](COC(=O)CCCCCCCCC(C)C)COP(=O)(O)OC[C@H](O)COP(=O)(O)OC[C@@H](COC(=O)CCCCCCCCCCCCCCCCCCCCC(C)C)OC(=O)CCCCCCCCCC(C)C. The molecule has 6 atom stereocenters. The number of hydrogen-bond acceptors (Lipinski definition) is 15. The highest BCUT2D eigenvalue weighted by Gasteiger charge is 2.30. The van der Waals surface area contributed by atoms with Crippen molar-refractivity contribution in [2.45, 2.75) is 382 Å². The second-order valence-corrected chi connectivity index (χ2v) is 30.9. The van der Waals surface area contributed by atoms with Crippen molar-refractivity contribution < 1.29 is 80.2 Å². The Morgan fingerprint density at radius 2 is 0.522 bits per heavy atom. The van der Waals surface area contributed by atoms with Crippen LogP contribution in [0.3, 0.4) is 0 Å². The number of hydrogen-bond donors (Lipinski definition) is 3. The average Bonchev–Trinajstić information content (AvgIpc) is 2.64. The van der Waals surface area contributed by atoms with Crippen molar-refractivity contribution in [2.24, 2.45) is 23.7 Å². The van der Waals surface area contributed by atoms with E-state index >= 15 is 0 Å². The number of aliphatic hydroxyl groups excluding tert-OH is 1. The van der Waals surface area contributed by atoms with Crippen LogP contribution < -0.4 is 0 Å². The molecule has 0 aromatic rings. The molecule has 0 aliphatic heterocycles. The van der Waals surface area contributed by atoms with Crippen LogP contribution >= 0.6 is 15.6 Å². The molecule has 0 bridgehead atoms. The molecule has 0 saturated carbocycles. The van der Waals surface area contributed by atoms with Crippen LogP contribution in [0.4, 0.5) is 0 Å². The first-order chi connectivity index (χ1) is 44.1. The van der Waals surface area contributed by atoms with Crippen LogP contribution in [-0.4, -0.2) is 96.7 Å². The first kappa shape index (κ1) is 90.1. The number of phosphoric acid groups is 2. The molecule has 0 heterocycles. The molecule has 0 spiro atoms. The van der Waals surface area contributed by atoms with Gasteiger partial charge in [-0.15, -0.1) is 0 Å². The molecule has 3 unspecified atom stereocenters. The maximum atomic E-state index is 13.0. The van der Waals surface area contributed by atoms with E-state index in [2.05, 4.69) is 55.4 Å². The number of carbonyl (C=O) groups excluding carboxylic acids is 4. The molecular weight excluding hydrogens is 1210 g/mol. The summed E-state index contributed by atoms with van der Waals surface area (Å²) in [6.07, 6.45) is 46.2. The molecular formula is C73H142O17P2. The summed E-state index contributed by atoms with van der Waals surface area (Å²) < 4.78 is 68.3. The number of ether oxygens (including phenoxy) is 4. The Morgan fingerprint density at radius 3 is 0.772 bits per heavy atom. The van der Waals surface area contributed by atoms with E-state index < -0.39 is 97.5 Å². The highest BCUT2D eigenvalue weighted by Crippen LogP contribution is 2.45. The Morgan fingerprint density at radius 1 is 0.304 bits per heavy atom. The molecule has 0 fully saturated rings. The van der Waals surface area contributed by atoms with Gasteiger partial charge in [-0.1, -0.05) is 312 Å². The standard InChI is InChI=1S/C73H142O17P2/c1-9-66(8)52-44-36-27-22-23-29-39-47-55-72(77)89-69(60-84-71(76)54-46-38-32-31-35-43-51-65(6)7)62-88-92(81,82)86-58-67(74)57-85-91(79,80)87-61-68(90-73(78)56-48-40-30-24-26-34-42-50-64(4)5)59-83-70(75)53-45-37-28-21-19-17-15-13-11-10-12-14-16-18-20-25-33-41-49-63(2)3/h63-69,74H,9-62H2,1-8H3,(H,79,80)(H,81,82)/t66?,67-,68-,69-/m1/s1. The maximum Gasteiger partial charge on any atom is 0.472 e. The molecule has 0 aliphatic rings. The molecule has 92 heavy (non-hydrogen) atoms. The smallest absolute Gasteiger partial charge is 0.462 e. The number of esters is 4. The summed E-state index contributed by atoms with van der Waals surface area (Å²) in [5, 5.41) is 10.6. The van der Waals surface area contributed by atoms with Gasteiger partial charge >= 0.3 is 39.5 Å². The van der Waals surface area contributed by atoms with E-state index in [4.69, 9.17) is 37.0 Å². The molecule has 17 nitrogen and oxygen atoms in total. The van der Waals surface area contributed by atoms with Crippen LogP contribution in [0.25, 0.3) is 0 Å². The summed E-state index contributed by atoms with van der Waals surface area (Å²) in [7, 11) is -9.90. The zero-order valence-corrected chi connectivity index (χ0v) is 62.0. The van der Waals surface area contributed by atoms with E-state index in [9.17, 15) is 43.2 Å². The van der Waals surface area contributed by atoms with Gasteiger partial charge in [-0.25, -0.2) is 9.13 Å². The molecule has 0 aromatic heterocycles. The highest BCUT2D eigenvalue weighted by atomic mass is 31.2. The van der Waals surface area contributed by atoms with Crippen molar-refractivity contribution >= 4 is 39.5 Å². The van der Waals surface area contributed by atoms with E-state index in [-0.39, 0.29) is 25.7 Å². The Balaban J connectivity index is 5.13. The molecule has 0 aliphatic carbocycles. The van der Waals surface area contributed by atoms with Crippen LogP contribution in [0.2, 0.25) is 0 Å². The van der Waals surface area contributed by atoms with Crippen molar-refractivity contribution in [2.75, 3.05) is 39.6 Å². The minimum Gasteiger partial charge on any atom is -0.462 e. The van der Waals surface area contributed by atoms with Gasteiger partial charge in [0.05, 0.1) is 26.4 Å². The minimum atomic E-state index is -4.95. The second-order valence-electron chi connectivity index (χ2n) is 28.0. The lowest BCUT2D eigenvalue weighted by molar-refractivity contribution is -0.161.